The maximum Gasteiger partial charge on any atom is 0.261 e. The Labute approximate surface area is 193 Å². The van der Waals surface area contributed by atoms with Crippen LogP contribution in [0, 0.1) is 5.92 Å². The van der Waals surface area contributed by atoms with Crippen LogP contribution in [0.1, 0.15) is 24.1 Å². The summed E-state index contributed by atoms with van der Waals surface area (Å²) in [7, 11) is 0. The number of piperidine rings is 1. The first-order chi connectivity index (χ1) is 16.1. The third-order valence-electron chi connectivity index (χ3n) is 6.63. The lowest BCUT2D eigenvalue weighted by Crippen LogP contribution is -2.41. The molecule has 0 aliphatic carbocycles. The number of aliphatic hydroxyl groups excluding tert-OH is 1. The van der Waals surface area contributed by atoms with Gasteiger partial charge in [0.2, 0.25) is 0 Å². The molecule has 2 unspecified atom stereocenters. The van der Waals surface area contributed by atoms with Crippen LogP contribution < -0.4 is 10.6 Å². The number of para-hydroxylation sites is 1. The lowest BCUT2D eigenvalue weighted by atomic mass is 9.93. The molecule has 1 fully saturated rings. The Hall–Kier alpha value is -3.27. The van der Waals surface area contributed by atoms with Crippen LogP contribution in [-0.4, -0.2) is 50.9 Å². The van der Waals surface area contributed by atoms with E-state index >= 15 is 0 Å². The van der Waals surface area contributed by atoms with Crippen LogP contribution in [0.5, 0.6) is 0 Å². The zero-order valence-corrected chi connectivity index (χ0v) is 18.6. The van der Waals surface area contributed by atoms with Gasteiger partial charge in [-0.1, -0.05) is 18.2 Å². The average Bonchev–Trinajstić information content (AvgIpc) is 3.57. The molecule has 0 spiro atoms. The van der Waals surface area contributed by atoms with E-state index in [0.717, 1.165) is 46.1 Å². The molecule has 3 aromatic heterocycles. The van der Waals surface area contributed by atoms with E-state index in [2.05, 4.69) is 15.6 Å². The van der Waals surface area contributed by atoms with Gasteiger partial charge in [-0.3, -0.25) is 19.6 Å². The minimum atomic E-state index is -0.418. The summed E-state index contributed by atoms with van der Waals surface area (Å²) in [6, 6.07) is 9.89. The number of nitrogens with zero attached hydrogens (tertiary/aromatic N) is 2. The Balaban J connectivity index is 1.49. The predicted octanol–water partition coefficient (Wildman–Crippen LogP) is 2.51. The molecule has 0 bridgehead atoms. The van der Waals surface area contributed by atoms with Gasteiger partial charge in [-0.15, -0.1) is 11.3 Å². The maximum absolute atomic E-state index is 13.0. The molecule has 0 saturated carbocycles. The fourth-order valence-electron chi connectivity index (χ4n) is 5.07. The summed E-state index contributed by atoms with van der Waals surface area (Å²) in [5, 5.41) is 23.1. The average molecular weight is 462 g/mol. The fraction of sp³-hybridized carbons (Fsp3) is 0.292. The second kappa shape index (κ2) is 7.95. The van der Waals surface area contributed by atoms with E-state index in [4.69, 9.17) is 5.10 Å². The highest BCUT2D eigenvalue weighted by atomic mass is 32.1. The number of fused-ring (bicyclic) bond motifs is 2. The minimum absolute atomic E-state index is 0.0967. The van der Waals surface area contributed by atoms with E-state index < -0.39 is 11.8 Å². The van der Waals surface area contributed by atoms with E-state index in [1.807, 2.05) is 40.4 Å². The number of benzene rings is 1. The Bertz CT molecular complexity index is 1430. The fourth-order valence-corrected chi connectivity index (χ4v) is 5.95. The topological polar surface area (TPSA) is 112 Å². The molecule has 168 valence electrons. The Kier molecular flexibility index (Phi) is 4.90. The number of carbonyl (C=O) groups is 2. The van der Waals surface area contributed by atoms with Crippen molar-refractivity contribution in [1.29, 1.82) is 0 Å². The first-order valence-corrected chi connectivity index (χ1v) is 12.0. The van der Waals surface area contributed by atoms with Gasteiger partial charge < -0.3 is 15.4 Å². The maximum atomic E-state index is 13.0. The number of H-pyrrole nitrogens is 1. The highest BCUT2D eigenvalue weighted by molar-refractivity contribution is 7.17. The molecule has 0 radical (unpaired) electrons. The number of amides is 2. The molecule has 2 aliphatic rings. The predicted molar refractivity (Wildman–Crippen MR) is 127 cm³/mol. The standard InChI is InChI=1S/C24H23N5O3S/c30-12-14-9-13(5-7-25-14)11-29-18-4-2-1-3-15(18)21(28-29)20-19(23(31)27-24(20)32)16-10-26-17-6-8-33-22(16)17/h1-4,6,8,10,13-14,25-26,30H,5,7,9,11-12H2,(H,27,31,32). The second-order valence-electron chi connectivity index (χ2n) is 8.67. The van der Waals surface area contributed by atoms with Crippen molar-refractivity contribution in [2.75, 3.05) is 13.2 Å². The summed E-state index contributed by atoms with van der Waals surface area (Å²) in [6.45, 7) is 1.67. The molecule has 4 N–H and O–H groups in total. The van der Waals surface area contributed by atoms with Gasteiger partial charge in [0.25, 0.3) is 11.8 Å². The molecular weight excluding hydrogens is 438 g/mol. The van der Waals surface area contributed by atoms with E-state index in [1.165, 1.54) is 11.3 Å². The van der Waals surface area contributed by atoms with E-state index in [0.29, 0.717) is 29.3 Å². The van der Waals surface area contributed by atoms with Crippen molar-refractivity contribution in [2.45, 2.75) is 25.4 Å². The SMILES string of the molecule is O=C1NC(=O)C(c2c[nH]c3ccsc23)=C1c1nn(CC2CCNC(CO)C2)c2ccccc12. The highest BCUT2D eigenvalue weighted by Gasteiger charge is 2.36. The Morgan fingerprint density at radius 2 is 2.00 bits per heavy atom. The summed E-state index contributed by atoms with van der Waals surface area (Å²) in [5.74, 6) is -0.451. The van der Waals surface area contributed by atoms with E-state index in [9.17, 15) is 14.7 Å². The zero-order valence-electron chi connectivity index (χ0n) is 17.8. The van der Waals surface area contributed by atoms with Gasteiger partial charge in [-0.25, -0.2) is 0 Å². The number of hydrogen-bond acceptors (Lipinski definition) is 6. The van der Waals surface area contributed by atoms with Crippen molar-refractivity contribution >= 4 is 55.4 Å². The third-order valence-corrected chi connectivity index (χ3v) is 7.58. The van der Waals surface area contributed by atoms with Gasteiger partial charge in [0.15, 0.2) is 0 Å². The van der Waals surface area contributed by atoms with Crippen molar-refractivity contribution in [3.05, 3.63) is 53.2 Å². The smallest absolute Gasteiger partial charge is 0.261 e. The number of rotatable bonds is 5. The number of aliphatic hydroxyl groups is 1. The monoisotopic (exact) mass is 461 g/mol. The van der Waals surface area contributed by atoms with Crippen molar-refractivity contribution in [3.8, 4) is 0 Å². The van der Waals surface area contributed by atoms with Crippen LogP contribution in [0.25, 0.3) is 32.3 Å². The largest absolute Gasteiger partial charge is 0.395 e. The molecule has 2 aliphatic heterocycles. The number of carbonyl (C=O) groups excluding carboxylic acids is 2. The molecule has 8 nitrogen and oxygen atoms in total. The van der Waals surface area contributed by atoms with Crippen molar-refractivity contribution < 1.29 is 14.7 Å². The van der Waals surface area contributed by atoms with Crippen molar-refractivity contribution in [2.24, 2.45) is 5.92 Å². The number of aromatic nitrogens is 3. The molecular formula is C24H23N5O3S. The van der Waals surface area contributed by atoms with Gasteiger partial charge in [0, 0.05) is 29.7 Å². The molecule has 1 saturated heterocycles. The molecule has 33 heavy (non-hydrogen) atoms. The molecule has 2 atom stereocenters. The van der Waals surface area contributed by atoms with Crippen LogP contribution in [-0.2, 0) is 16.1 Å². The van der Waals surface area contributed by atoms with Crippen LogP contribution >= 0.6 is 11.3 Å². The van der Waals surface area contributed by atoms with Gasteiger partial charge in [0.1, 0.15) is 5.69 Å². The highest BCUT2D eigenvalue weighted by Crippen LogP contribution is 2.38. The summed E-state index contributed by atoms with van der Waals surface area (Å²) < 4.78 is 2.90. The Morgan fingerprint density at radius 1 is 1.15 bits per heavy atom. The molecule has 1 aromatic carbocycles. The first kappa shape index (κ1) is 20.3. The van der Waals surface area contributed by atoms with Crippen LogP contribution in [0.4, 0.5) is 0 Å². The summed E-state index contributed by atoms with van der Waals surface area (Å²) in [6.07, 6.45) is 3.65. The van der Waals surface area contributed by atoms with Gasteiger partial charge >= 0.3 is 0 Å². The number of aromatic amines is 1. The van der Waals surface area contributed by atoms with Gasteiger partial charge in [0.05, 0.1) is 33.5 Å². The normalized spacial score (nSPS) is 21.5. The van der Waals surface area contributed by atoms with Crippen LogP contribution in [0.3, 0.4) is 0 Å². The first-order valence-electron chi connectivity index (χ1n) is 11.1. The van der Waals surface area contributed by atoms with E-state index in [1.54, 1.807) is 6.20 Å². The molecule has 9 heteroatoms. The second-order valence-corrected chi connectivity index (χ2v) is 9.59. The van der Waals surface area contributed by atoms with Crippen LogP contribution in [0.2, 0.25) is 0 Å². The van der Waals surface area contributed by atoms with Crippen molar-refractivity contribution in [1.82, 2.24) is 25.4 Å². The zero-order chi connectivity index (χ0) is 22.5. The summed E-state index contributed by atoms with van der Waals surface area (Å²) in [4.78, 5) is 29.1. The third kappa shape index (κ3) is 3.31. The summed E-state index contributed by atoms with van der Waals surface area (Å²) >= 11 is 1.53. The van der Waals surface area contributed by atoms with E-state index in [-0.39, 0.29) is 12.6 Å². The Morgan fingerprint density at radius 3 is 2.88 bits per heavy atom. The van der Waals surface area contributed by atoms with Crippen LogP contribution in [0.15, 0.2) is 41.9 Å². The summed E-state index contributed by atoms with van der Waals surface area (Å²) in [5.41, 5.74) is 3.81. The number of nitrogens with one attached hydrogen (secondary N) is 3. The quantitative estimate of drug-likeness (QED) is 0.341. The lowest BCUT2D eigenvalue weighted by Gasteiger charge is -2.29. The molecule has 5 heterocycles. The van der Waals surface area contributed by atoms with Gasteiger partial charge in [-0.05, 0) is 42.8 Å². The number of imide groups is 1. The van der Waals surface area contributed by atoms with Gasteiger partial charge in [-0.2, -0.15) is 5.10 Å². The molecule has 4 aromatic rings. The number of hydrogen-bond donors (Lipinski definition) is 4. The number of thiophene rings is 1. The van der Waals surface area contributed by atoms with Crippen molar-refractivity contribution in [3.63, 3.8) is 0 Å². The molecule has 6 rings (SSSR count). The lowest BCUT2D eigenvalue weighted by molar-refractivity contribution is -0.122. The minimum Gasteiger partial charge on any atom is -0.395 e. The molecule has 2 amide bonds.